The van der Waals surface area contributed by atoms with Crippen molar-refractivity contribution in [2.75, 3.05) is 12.4 Å². The molecule has 1 amide bonds. The number of ether oxygens (including phenoxy) is 1. The van der Waals surface area contributed by atoms with Crippen LogP contribution < -0.4 is 10.1 Å². The van der Waals surface area contributed by atoms with E-state index in [2.05, 4.69) is 25.0 Å². The second-order valence-corrected chi connectivity index (χ2v) is 7.10. The molecule has 2 heterocycles. The largest absolute Gasteiger partial charge is 0.496 e. The summed E-state index contributed by atoms with van der Waals surface area (Å²) < 4.78 is 11.3. The fourth-order valence-electron chi connectivity index (χ4n) is 2.83. The van der Waals surface area contributed by atoms with Crippen molar-refractivity contribution in [2.45, 2.75) is 13.8 Å². The van der Waals surface area contributed by atoms with Gasteiger partial charge in [0, 0.05) is 11.5 Å². The SMILES string of the molecule is COc1ccccc1C(=O)Nc1nc(-c2nnn(-c3ccc(C)cc3)c2C)ns1. The molecule has 0 unspecified atom stereocenters. The van der Waals surface area contributed by atoms with Crippen LogP contribution in [0.1, 0.15) is 21.6 Å². The van der Waals surface area contributed by atoms with Crippen molar-refractivity contribution in [2.24, 2.45) is 0 Å². The maximum atomic E-state index is 12.5. The number of anilines is 1. The van der Waals surface area contributed by atoms with Gasteiger partial charge in [0.25, 0.3) is 5.91 Å². The molecule has 0 bridgehead atoms. The Balaban J connectivity index is 1.57. The molecule has 0 aliphatic rings. The van der Waals surface area contributed by atoms with Crippen molar-refractivity contribution in [3.05, 3.63) is 65.4 Å². The summed E-state index contributed by atoms with van der Waals surface area (Å²) in [4.78, 5) is 16.9. The van der Waals surface area contributed by atoms with Gasteiger partial charge in [0.2, 0.25) is 5.13 Å². The Morgan fingerprint density at radius 2 is 1.86 bits per heavy atom. The highest BCUT2D eigenvalue weighted by atomic mass is 32.1. The minimum absolute atomic E-state index is 0.315. The first kappa shape index (κ1) is 18.8. The van der Waals surface area contributed by atoms with E-state index in [1.807, 2.05) is 38.1 Å². The number of methoxy groups -OCH3 is 1. The molecule has 146 valence electrons. The molecule has 0 radical (unpaired) electrons. The lowest BCUT2D eigenvalue weighted by atomic mass is 10.2. The number of hydrogen-bond acceptors (Lipinski definition) is 7. The van der Waals surface area contributed by atoms with Gasteiger partial charge in [-0.05, 0) is 38.1 Å². The molecule has 4 aromatic rings. The zero-order chi connectivity index (χ0) is 20.4. The van der Waals surface area contributed by atoms with E-state index in [0.29, 0.717) is 28.0 Å². The molecule has 0 atom stereocenters. The first-order valence-electron chi connectivity index (χ1n) is 8.84. The van der Waals surface area contributed by atoms with E-state index in [0.717, 1.165) is 22.9 Å². The van der Waals surface area contributed by atoms with Gasteiger partial charge in [0.1, 0.15) is 5.75 Å². The summed E-state index contributed by atoms with van der Waals surface area (Å²) in [6, 6.07) is 15.0. The van der Waals surface area contributed by atoms with E-state index in [1.165, 1.54) is 12.7 Å². The zero-order valence-electron chi connectivity index (χ0n) is 16.1. The fraction of sp³-hybridized carbons (Fsp3) is 0.150. The van der Waals surface area contributed by atoms with E-state index in [1.54, 1.807) is 28.9 Å². The van der Waals surface area contributed by atoms with Gasteiger partial charge >= 0.3 is 0 Å². The summed E-state index contributed by atoms with van der Waals surface area (Å²) in [5, 5.41) is 11.6. The van der Waals surface area contributed by atoms with Crippen molar-refractivity contribution >= 4 is 22.6 Å². The van der Waals surface area contributed by atoms with Crippen molar-refractivity contribution in [3.63, 3.8) is 0 Å². The number of nitrogens with one attached hydrogen (secondary N) is 1. The normalized spacial score (nSPS) is 10.7. The summed E-state index contributed by atoms with van der Waals surface area (Å²) in [7, 11) is 1.52. The van der Waals surface area contributed by atoms with Crippen LogP contribution in [0.3, 0.4) is 0 Å². The number of aryl methyl sites for hydroxylation is 1. The first-order chi connectivity index (χ1) is 14.1. The molecule has 4 rings (SSSR count). The van der Waals surface area contributed by atoms with Gasteiger partial charge in [-0.3, -0.25) is 10.1 Å². The molecular formula is C20H18N6O2S. The smallest absolute Gasteiger partial charge is 0.261 e. The third-order valence-electron chi connectivity index (χ3n) is 4.38. The average Bonchev–Trinajstić information content (AvgIpc) is 3.35. The van der Waals surface area contributed by atoms with Crippen molar-refractivity contribution in [3.8, 4) is 23.0 Å². The van der Waals surface area contributed by atoms with E-state index < -0.39 is 0 Å². The van der Waals surface area contributed by atoms with Gasteiger partial charge in [0.15, 0.2) is 11.5 Å². The van der Waals surface area contributed by atoms with Crippen molar-refractivity contribution in [1.82, 2.24) is 24.4 Å². The summed E-state index contributed by atoms with van der Waals surface area (Å²) in [6.07, 6.45) is 0. The van der Waals surface area contributed by atoms with Gasteiger partial charge in [-0.1, -0.05) is 35.0 Å². The first-order valence-corrected chi connectivity index (χ1v) is 9.62. The highest BCUT2D eigenvalue weighted by Gasteiger charge is 2.19. The number of rotatable bonds is 5. The molecule has 0 spiro atoms. The van der Waals surface area contributed by atoms with Crippen LogP contribution in [0.4, 0.5) is 5.13 Å². The highest BCUT2D eigenvalue weighted by molar-refractivity contribution is 7.10. The maximum absolute atomic E-state index is 12.5. The standard InChI is InChI=1S/C20H18N6O2S/c1-12-8-10-14(11-9-12)26-13(2)17(23-25-26)18-21-20(29-24-18)22-19(27)15-6-4-5-7-16(15)28-3/h4-11H,1-3H3,(H,21,22,24,27). The van der Waals surface area contributed by atoms with Crippen LogP contribution in [0.15, 0.2) is 48.5 Å². The Morgan fingerprint density at radius 1 is 1.10 bits per heavy atom. The molecule has 2 aromatic carbocycles. The molecule has 0 aliphatic heterocycles. The van der Waals surface area contributed by atoms with Crippen LogP contribution in [0, 0.1) is 13.8 Å². The summed E-state index contributed by atoms with van der Waals surface area (Å²) in [5.41, 5.74) is 3.89. The Morgan fingerprint density at radius 3 is 2.62 bits per heavy atom. The number of para-hydroxylation sites is 1. The Kier molecular flexibility index (Phi) is 5.05. The lowest BCUT2D eigenvalue weighted by Gasteiger charge is -2.06. The number of carbonyl (C=O) groups is 1. The van der Waals surface area contributed by atoms with E-state index in [4.69, 9.17) is 4.74 Å². The molecule has 1 N–H and O–H groups in total. The second-order valence-electron chi connectivity index (χ2n) is 6.35. The van der Waals surface area contributed by atoms with Crippen LogP contribution in [-0.4, -0.2) is 37.4 Å². The van der Waals surface area contributed by atoms with Gasteiger partial charge in [-0.2, -0.15) is 9.36 Å². The number of hydrogen-bond donors (Lipinski definition) is 1. The van der Waals surface area contributed by atoms with Crippen LogP contribution in [0.2, 0.25) is 0 Å². The molecule has 0 saturated carbocycles. The number of nitrogens with zero attached hydrogens (tertiary/aromatic N) is 5. The zero-order valence-corrected chi connectivity index (χ0v) is 16.9. The lowest BCUT2D eigenvalue weighted by molar-refractivity contribution is 0.102. The molecule has 0 saturated heterocycles. The van der Waals surface area contributed by atoms with Gasteiger partial charge in [-0.15, -0.1) is 5.10 Å². The third-order valence-corrected chi connectivity index (χ3v) is 5.01. The molecule has 9 heteroatoms. The fourth-order valence-corrected chi connectivity index (χ4v) is 3.40. The second kappa shape index (κ2) is 7.80. The van der Waals surface area contributed by atoms with Crippen LogP contribution in [0.25, 0.3) is 17.2 Å². The van der Waals surface area contributed by atoms with Gasteiger partial charge in [-0.25, -0.2) is 4.68 Å². The van der Waals surface area contributed by atoms with Crippen molar-refractivity contribution < 1.29 is 9.53 Å². The van der Waals surface area contributed by atoms with E-state index in [-0.39, 0.29) is 5.91 Å². The monoisotopic (exact) mass is 406 g/mol. The van der Waals surface area contributed by atoms with E-state index >= 15 is 0 Å². The Bertz CT molecular complexity index is 1170. The van der Waals surface area contributed by atoms with Crippen LogP contribution in [0.5, 0.6) is 5.75 Å². The molecular weight excluding hydrogens is 388 g/mol. The third kappa shape index (κ3) is 3.72. The molecule has 29 heavy (non-hydrogen) atoms. The highest BCUT2D eigenvalue weighted by Crippen LogP contribution is 2.25. The van der Waals surface area contributed by atoms with E-state index in [9.17, 15) is 4.79 Å². The lowest BCUT2D eigenvalue weighted by Crippen LogP contribution is -2.12. The number of benzene rings is 2. The topological polar surface area (TPSA) is 94.8 Å². The number of aromatic nitrogens is 5. The quantitative estimate of drug-likeness (QED) is 0.543. The average molecular weight is 406 g/mol. The van der Waals surface area contributed by atoms with Crippen LogP contribution >= 0.6 is 11.5 Å². The molecule has 0 fully saturated rings. The summed E-state index contributed by atoms with van der Waals surface area (Å²) >= 11 is 1.09. The summed E-state index contributed by atoms with van der Waals surface area (Å²) in [6.45, 7) is 3.94. The molecule has 8 nitrogen and oxygen atoms in total. The van der Waals surface area contributed by atoms with Gasteiger partial charge < -0.3 is 4.74 Å². The maximum Gasteiger partial charge on any atom is 0.261 e. The summed E-state index contributed by atoms with van der Waals surface area (Å²) in [5.74, 6) is 0.595. The van der Waals surface area contributed by atoms with Crippen molar-refractivity contribution in [1.29, 1.82) is 0 Å². The number of amides is 1. The Labute approximate surface area is 171 Å². The van der Waals surface area contributed by atoms with Crippen LogP contribution in [-0.2, 0) is 0 Å². The molecule has 2 aromatic heterocycles. The minimum atomic E-state index is -0.315. The molecule has 0 aliphatic carbocycles. The predicted octanol–water partition coefficient (Wildman–Crippen LogP) is 3.66. The number of carbonyl (C=O) groups excluding carboxylic acids is 1. The minimum Gasteiger partial charge on any atom is -0.496 e. The predicted molar refractivity (Wildman–Crippen MR) is 111 cm³/mol. The van der Waals surface area contributed by atoms with Gasteiger partial charge in [0.05, 0.1) is 24.1 Å². The Hall–Kier alpha value is -3.59.